The zero-order valence-electron chi connectivity index (χ0n) is 6.81. The summed E-state index contributed by atoms with van der Waals surface area (Å²) >= 11 is 0. The van der Waals surface area contributed by atoms with E-state index in [1.807, 2.05) is 0 Å². The Hall–Kier alpha value is 0.0649. The van der Waals surface area contributed by atoms with Crippen LogP contribution in [-0.4, -0.2) is 6.71 Å². The molecule has 2 heterocycles. The minimum atomic E-state index is 1.16. The Labute approximate surface area is 64.5 Å². The average Bonchev–Trinajstić information content (AvgIpc) is 2.05. The first-order chi connectivity index (χ1) is 4.97. The van der Waals surface area contributed by atoms with Crippen LogP contribution in [0.5, 0.6) is 0 Å². The van der Waals surface area contributed by atoms with Crippen LogP contribution in [0.3, 0.4) is 0 Å². The summed E-state index contributed by atoms with van der Waals surface area (Å²) in [7, 11) is 0. The van der Waals surface area contributed by atoms with Gasteiger partial charge in [-0.25, -0.2) is 0 Å². The molecular formula is C9H17B. The maximum Gasteiger partial charge on any atom is 0.143 e. The minimum absolute atomic E-state index is 1.16. The van der Waals surface area contributed by atoms with E-state index in [1.165, 1.54) is 25.7 Å². The predicted molar refractivity (Wildman–Crippen MR) is 46.8 cm³/mol. The molecule has 2 saturated heterocycles. The highest BCUT2D eigenvalue weighted by molar-refractivity contribution is 6.60. The van der Waals surface area contributed by atoms with Crippen molar-refractivity contribution in [2.45, 2.75) is 57.0 Å². The topological polar surface area (TPSA) is 0 Å². The predicted octanol–water partition coefficient (Wildman–Crippen LogP) is 3.22. The van der Waals surface area contributed by atoms with Crippen molar-refractivity contribution >= 4 is 6.71 Å². The fourth-order valence-electron chi connectivity index (χ4n) is 2.86. The summed E-state index contributed by atoms with van der Waals surface area (Å²) in [5.74, 6) is 1.16. The third kappa shape index (κ3) is 1.23. The molecule has 2 aliphatic rings. The van der Waals surface area contributed by atoms with Gasteiger partial charge in [-0.2, -0.15) is 0 Å². The lowest BCUT2D eigenvalue weighted by Gasteiger charge is -2.32. The highest BCUT2D eigenvalue weighted by Crippen LogP contribution is 2.39. The third-order valence-electron chi connectivity index (χ3n) is 3.47. The Balaban J connectivity index is 1.93. The maximum atomic E-state index is 1.56. The maximum absolute atomic E-state index is 1.56. The van der Waals surface area contributed by atoms with Gasteiger partial charge in [0.2, 0.25) is 0 Å². The first-order valence-electron chi connectivity index (χ1n) is 4.97. The standard InChI is InChI=1S/C9H17B/c1-3-7-10-8-4-2-6-9(10)5-1/h9H,1-8H2. The van der Waals surface area contributed by atoms with Gasteiger partial charge in [0.15, 0.2) is 0 Å². The fraction of sp³-hybridized carbons (Fsp3) is 1.00. The van der Waals surface area contributed by atoms with Gasteiger partial charge in [0.1, 0.15) is 6.71 Å². The van der Waals surface area contributed by atoms with Gasteiger partial charge < -0.3 is 0 Å². The van der Waals surface area contributed by atoms with Crippen LogP contribution in [0, 0.1) is 0 Å². The van der Waals surface area contributed by atoms with E-state index in [9.17, 15) is 0 Å². The molecule has 0 aromatic rings. The van der Waals surface area contributed by atoms with E-state index in [0.29, 0.717) is 0 Å². The summed E-state index contributed by atoms with van der Waals surface area (Å²) < 4.78 is 0. The molecule has 0 atom stereocenters. The van der Waals surface area contributed by atoms with Crippen LogP contribution in [0.15, 0.2) is 0 Å². The quantitative estimate of drug-likeness (QED) is 0.448. The monoisotopic (exact) mass is 136 g/mol. The zero-order chi connectivity index (χ0) is 6.81. The minimum Gasteiger partial charge on any atom is -0.0739 e. The van der Waals surface area contributed by atoms with Crippen LogP contribution >= 0.6 is 0 Å². The molecule has 0 amide bonds. The van der Waals surface area contributed by atoms with Gasteiger partial charge in [0.05, 0.1) is 0 Å². The molecule has 2 rings (SSSR count). The highest BCUT2D eigenvalue weighted by Gasteiger charge is 2.29. The van der Waals surface area contributed by atoms with Crippen molar-refractivity contribution in [2.24, 2.45) is 0 Å². The Morgan fingerprint density at radius 1 is 0.800 bits per heavy atom. The first-order valence-corrected chi connectivity index (χ1v) is 4.97. The molecule has 0 nitrogen and oxygen atoms in total. The molecule has 0 radical (unpaired) electrons. The molecule has 2 aliphatic heterocycles. The average molecular weight is 136 g/mol. The van der Waals surface area contributed by atoms with Crippen molar-refractivity contribution in [1.82, 2.24) is 0 Å². The number of hydrogen-bond donors (Lipinski definition) is 0. The van der Waals surface area contributed by atoms with Crippen molar-refractivity contribution in [2.75, 3.05) is 0 Å². The van der Waals surface area contributed by atoms with Gasteiger partial charge in [-0.3, -0.25) is 0 Å². The number of rotatable bonds is 0. The Bertz CT molecular complexity index is 85.3. The lowest BCUT2D eigenvalue weighted by Crippen LogP contribution is -2.27. The lowest BCUT2D eigenvalue weighted by molar-refractivity contribution is 0.532. The SMILES string of the molecule is C1CCC2CCCCB2C1. The normalized spacial score (nSPS) is 28.2. The van der Waals surface area contributed by atoms with E-state index in [-0.39, 0.29) is 0 Å². The van der Waals surface area contributed by atoms with Gasteiger partial charge >= 0.3 is 0 Å². The van der Waals surface area contributed by atoms with Crippen LogP contribution in [-0.2, 0) is 0 Å². The molecule has 0 aromatic carbocycles. The van der Waals surface area contributed by atoms with Crippen LogP contribution in [0.1, 0.15) is 38.5 Å². The second kappa shape index (κ2) is 2.98. The van der Waals surface area contributed by atoms with Crippen molar-refractivity contribution in [3.8, 4) is 0 Å². The molecule has 0 unspecified atom stereocenters. The Morgan fingerprint density at radius 2 is 1.40 bits per heavy atom. The van der Waals surface area contributed by atoms with Crippen molar-refractivity contribution in [3.63, 3.8) is 0 Å². The Kier molecular flexibility index (Phi) is 2.01. The van der Waals surface area contributed by atoms with Crippen LogP contribution < -0.4 is 0 Å². The van der Waals surface area contributed by atoms with Gasteiger partial charge in [-0.1, -0.05) is 57.0 Å². The summed E-state index contributed by atoms with van der Waals surface area (Å²) in [6.45, 7) is 1.16. The summed E-state index contributed by atoms with van der Waals surface area (Å²) in [4.78, 5) is 0. The van der Waals surface area contributed by atoms with E-state index in [1.54, 1.807) is 25.5 Å². The molecule has 1 heteroatoms. The lowest BCUT2D eigenvalue weighted by atomic mass is 9.31. The van der Waals surface area contributed by atoms with Crippen molar-refractivity contribution < 1.29 is 0 Å². The summed E-state index contributed by atoms with van der Waals surface area (Å²) in [6, 6.07) is 0. The molecule has 0 bridgehead atoms. The van der Waals surface area contributed by atoms with E-state index < -0.39 is 0 Å². The van der Waals surface area contributed by atoms with Gasteiger partial charge in [-0.15, -0.1) is 0 Å². The molecule has 10 heavy (non-hydrogen) atoms. The zero-order valence-corrected chi connectivity index (χ0v) is 6.81. The van der Waals surface area contributed by atoms with Crippen LogP contribution in [0.4, 0.5) is 0 Å². The molecule has 0 saturated carbocycles. The summed E-state index contributed by atoms with van der Waals surface area (Å²) in [5.41, 5.74) is 0. The van der Waals surface area contributed by atoms with Crippen molar-refractivity contribution in [3.05, 3.63) is 0 Å². The fourth-order valence-corrected chi connectivity index (χ4v) is 2.86. The summed E-state index contributed by atoms with van der Waals surface area (Å²) in [5, 5.41) is 0. The third-order valence-corrected chi connectivity index (χ3v) is 3.47. The second-order valence-corrected chi connectivity index (χ2v) is 4.09. The van der Waals surface area contributed by atoms with Gasteiger partial charge in [0.25, 0.3) is 0 Å². The van der Waals surface area contributed by atoms with E-state index in [0.717, 1.165) is 12.5 Å². The van der Waals surface area contributed by atoms with Crippen molar-refractivity contribution in [1.29, 1.82) is 0 Å². The molecule has 2 fully saturated rings. The van der Waals surface area contributed by atoms with E-state index in [2.05, 4.69) is 0 Å². The number of hydrogen-bond acceptors (Lipinski definition) is 0. The van der Waals surface area contributed by atoms with Crippen LogP contribution in [0.2, 0.25) is 18.5 Å². The second-order valence-electron chi connectivity index (χ2n) is 4.09. The molecule has 0 spiro atoms. The van der Waals surface area contributed by atoms with Crippen LogP contribution in [0.25, 0.3) is 0 Å². The molecule has 0 aromatic heterocycles. The van der Waals surface area contributed by atoms with Gasteiger partial charge in [0, 0.05) is 0 Å². The van der Waals surface area contributed by atoms with E-state index in [4.69, 9.17) is 0 Å². The molecule has 0 N–H and O–H groups in total. The Morgan fingerprint density at radius 3 is 1.90 bits per heavy atom. The highest BCUT2D eigenvalue weighted by atomic mass is 14.2. The number of fused-ring (bicyclic) bond motifs is 1. The molecule has 56 valence electrons. The molecular weight excluding hydrogens is 119 g/mol. The smallest absolute Gasteiger partial charge is 0.0739 e. The summed E-state index contributed by atoms with van der Waals surface area (Å²) in [6.07, 6.45) is 12.4. The largest absolute Gasteiger partial charge is 0.143 e. The van der Waals surface area contributed by atoms with E-state index >= 15 is 0 Å². The molecule has 0 aliphatic carbocycles. The first kappa shape index (κ1) is 6.76. The van der Waals surface area contributed by atoms with Gasteiger partial charge in [-0.05, 0) is 0 Å².